The summed E-state index contributed by atoms with van der Waals surface area (Å²) >= 11 is 0. The summed E-state index contributed by atoms with van der Waals surface area (Å²) in [5, 5.41) is 22.2. The minimum Gasteiger partial charge on any atom is -0.507 e. The molecule has 18 heavy (non-hydrogen) atoms. The average molecular weight is 249 g/mol. The Morgan fingerprint density at radius 3 is 2.72 bits per heavy atom. The second kappa shape index (κ2) is 4.40. The number of methoxy groups -OCH3 is 1. The summed E-state index contributed by atoms with van der Waals surface area (Å²) in [7, 11) is 1.45. The maximum absolute atomic E-state index is 10.7. The number of aryl methyl sites for hydroxylation is 1. The third-order valence-electron chi connectivity index (χ3n) is 2.54. The Labute approximate surface area is 102 Å². The summed E-state index contributed by atoms with van der Waals surface area (Å²) in [6.07, 6.45) is 0. The molecule has 0 spiro atoms. The Kier molecular flexibility index (Phi) is 2.93. The van der Waals surface area contributed by atoms with Crippen LogP contribution in [0.1, 0.15) is 16.1 Å². The predicted octanol–water partition coefficient (Wildman–Crippen LogP) is 2.06. The van der Waals surface area contributed by atoms with Gasteiger partial charge in [-0.15, -0.1) is 0 Å². The van der Waals surface area contributed by atoms with Gasteiger partial charge in [0.05, 0.1) is 7.11 Å². The number of hydrogen-bond donors (Lipinski definition) is 2. The van der Waals surface area contributed by atoms with Gasteiger partial charge in [-0.05, 0) is 18.6 Å². The lowest BCUT2D eigenvalue weighted by molar-refractivity contribution is 0.0686. The van der Waals surface area contributed by atoms with Crippen molar-refractivity contribution in [3.8, 4) is 22.8 Å². The first-order valence-electron chi connectivity index (χ1n) is 5.11. The highest BCUT2D eigenvalue weighted by Gasteiger charge is 2.20. The number of aromatic carboxylic acids is 1. The molecule has 1 heterocycles. The number of carbonyl (C=O) groups is 1. The van der Waals surface area contributed by atoms with Gasteiger partial charge in [-0.3, -0.25) is 0 Å². The van der Waals surface area contributed by atoms with E-state index in [9.17, 15) is 9.90 Å². The Bertz CT molecular complexity index is 603. The molecule has 2 N–H and O–H groups in total. The highest BCUT2D eigenvalue weighted by molar-refractivity contribution is 5.87. The zero-order chi connectivity index (χ0) is 13.3. The van der Waals surface area contributed by atoms with E-state index in [2.05, 4.69) is 5.16 Å². The van der Waals surface area contributed by atoms with Crippen LogP contribution in [-0.2, 0) is 0 Å². The van der Waals surface area contributed by atoms with E-state index in [0.717, 1.165) is 0 Å². The fraction of sp³-hybridized carbons (Fsp3) is 0.167. The van der Waals surface area contributed by atoms with E-state index in [4.69, 9.17) is 14.4 Å². The molecule has 0 bridgehead atoms. The Morgan fingerprint density at radius 1 is 1.44 bits per heavy atom. The molecule has 0 radical (unpaired) electrons. The highest BCUT2D eigenvalue weighted by Crippen LogP contribution is 2.39. The molecule has 0 atom stereocenters. The van der Waals surface area contributed by atoms with Gasteiger partial charge in [0.15, 0.2) is 11.5 Å². The zero-order valence-corrected chi connectivity index (χ0v) is 9.80. The number of carboxylic acid groups (broad SMARTS) is 1. The fourth-order valence-electron chi connectivity index (χ4n) is 1.58. The van der Waals surface area contributed by atoms with Crippen molar-refractivity contribution in [1.82, 2.24) is 5.16 Å². The van der Waals surface area contributed by atoms with Crippen molar-refractivity contribution >= 4 is 5.97 Å². The summed E-state index contributed by atoms with van der Waals surface area (Å²) in [5.41, 5.74) is 0.685. The molecule has 6 heteroatoms. The molecule has 0 unspecified atom stereocenters. The molecule has 0 aliphatic heterocycles. The predicted molar refractivity (Wildman–Crippen MR) is 61.9 cm³/mol. The molecule has 0 saturated carbocycles. The minimum absolute atomic E-state index is 0.0255. The van der Waals surface area contributed by atoms with Crippen LogP contribution in [0.5, 0.6) is 11.5 Å². The molecule has 0 amide bonds. The zero-order valence-electron chi connectivity index (χ0n) is 9.80. The SMILES string of the molecule is COc1ccc(C)c(O)c1-c1cc(C(=O)O)no1. The van der Waals surface area contributed by atoms with Crippen molar-refractivity contribution in [2.75, 3.05) is 7.11 Å². The number of hydrogen-bond acceptors (Lipinski definition) is 5. The highest BCUT2D eigenvalue weighted by atomic mass is 16.5. The number of phenols is 1. The van der Waals surface area contributed by atoms with Crippen LogP contribution >= 0.6 is 0 Å². The fourth-order valence-corrected chi connectivity index (χ4v) is 1.58. The number of phenolic OH excluding ortho intramolecular Hbond substituents is 1. The number of aromatic hydroxyl groups is 1. The molecule has 2 aromatic rings. The summed E-state index contributed by atoms with van der Waals surface area (Å²) < 4.78 is 10.0. The first kappa shape index (κ1) is 12.0. The van der Waals surface area contributed by atoms with Crippen molar-refractivity contribution in [3.63, 3.8) is 0 Å². The molecule has 0 aliphatic rings. The summed E-state index contributed by atoms with van der Waals surface area (Å²) in [6.45, 7) is 1.72. The van der Waals surface area contributed by atoms with Gasteiger partial charge in [-0.2, -0.15) is 0 Å². The third-order valence-corrected chi connectivity index (χ3v) is 2.54. The van der Waals surface area contributed by atoms with Gasteiger partial charge in [0.25, 0.3) is 0 Å². The number of ether oxygens (including phenoxy) is 1. The lowest BCUT2D eigenvalue weighted by Gasteiger charge is -2.09. The number of carboxylic acids is 1. The molecule has 0 saturated heterocycles. The molecule has 0 fully saturated rings. The molecule has 1 aromatic carbocycles. The van der Waals surface area contributed by atoms with Crippen molar-refractivity contribution in [2.24, 2.45) is 0 Å². The van der Waals surface area contributed by atoms with Crippen molar-refractivity contribution < 1.29 is 24.3 Å². The maximum Gasteiger partial charge on any atom is 0.358 e. The minimum atomic E-state index is -1.20. The molecule has 6 nitrogen and oxygen atoms in total. The van der Waals surface area contributed by atoms with E-state index >= 15 is 0 Å². The Balaban J connectivity index is 2.61. The Morgan fingerprint density at radius 2 is 2.17 bits per heavy atom. The maximum atomic E-state index is 10.7. The van der Waals surface area contributed by atoms with Gasteiger partial charge in [-0.1, -0.05) is 11.2 Å². The van der Waals surface area contributed by atoms with Crippen molar-refractivity contribution in [1.29, 1.82) is 0 Å². The smallest absolute Gasteiger partial charge is 0.358 e. The molecular weight excluding hydrogens is 238 g/mol. The number of nitrogens with zero attached hydrogens (tertiary/aromatic N) is 1. The molecule has 2 rings (SSSR count). The molecule has 94 valence electrons. The van der Waals surface area contributed by atoms with E-state index in [1.807, 2.05) is 0 Å². The van der Waals surface area contributed by atoms with Gasteiger partial charge in [0.1, 0.15) is 17.1 Å². The second-order valence-electron chi connectivity index (χ2n) is 3.69. The van der Waals surface area contributed by atoms with Crippen LogP contribution in [0.15, 0.2) is 22.7 Å². The van der Waals surface area contributed by atoms with Crippen LogP contribution in [0.4, 0.5) is 0 Å². The van der Waals surface area contributed by atoms with E-state index in [-0.39, 0.29) is 22.8 Å². The summed E-state index contributed by atoms with van der Waals surface area (Å²) in [5.74, 6) is -0.699. The van der Waals surface area contributed by atoms with E-state index in [1.165, 1.54) is 13.2 Å². The van der Waals surface area contributed by atoms with E-state index in [1.54, 1.807) is 19.1 Å². The van der Waals surface area contributed by atoms with E-state index < -0.39 is 5.97 Å². The monoisotopic (exact) mass is 249 g/mol. The summed E-state index contributed by atoms with van der Waals surface area (Å²) in [6, 6.07) is 4.58. The van der Waals surface area contributed by atoms with Gasteiger partial charge < -0.3 is 19.5 Å². The quantitative estimate of drug-likeness (QED) is 0.864. The largest absolute Gasteiger partial charge is 0.507 e. The number of aromatic nitrogens is 1. The van der Waals surface area contributed by atoms with Gasteiger partial charge in [0.2, 0.25) is 0 Å². The average Bonchev–Trinajstić information content (AvgIpc) is 2.81. The van der Waals surface area contributed by atoms with Crippen LogP contribution in [0.3, 0.4) is 0 Å². The summed E-state index contributed by atoms with van der Waals surface area (Å²) in [4.78, 5) is 10.7. The molecular formula is C12H11NO5. The number of rotatable bonds is 3. The van der Waals surface area contributed by atoms with Gasteiger partial charge >= 0.3 is 5.97 Å². The van der Waals surface area contributed by atoms with Crippen LogP contribution in [0, 0.1) is 6.92 Å². The van der Waals surface area contributed by atoms with E-state index in [0.29, 0.717) is 11.3 Å². The van der Waals surface area contributed by atoms with Crippen LogP contribution < -0.4 is 4.74 Å². The molecule has 0 aliphatic carbocycles. The standard InChI is InChI=1S/C12H11NO5/c1-6-3-4-8(17-2)10(11(6)14)9-5-7(12(15)16)13-18-9/h3-5,14H,1-2H3,(H,15,16). The first-order valence-corrected chi connectivity index (χ1v) is 5.11. The van der Waals surface area contributed by atoms with Crippen LogP contribution in [0.2, 0.25) is 0 Å². The van der Waals surface area contributed by atoms with Crippen LogP contribution in [0.25, 0.3) is 11.3 Å². The lowest BCUT2D eigenvalue weighted by Crippen LogP contribution is -1.94. The number of benzene rings is 1. The van der Waals surface area contributed by atoms with Crippen molar-refractivity contribution in [3.05, 3.63) is 29.5 Å². The lowest BCUT2D eigenvalue weighted by atomic mass is 10.1. The third kappa shape index (κ3) is 1.88. The van der Waals surface area contributed by atoms with Crippen LogP contribution in [-0.4, -0.2) is 28.4 Å². The second-order valence-corrected chi connectivity index (χ2v) is 3.69. The topological polar surface area (TPSA) is 92.8 Å². The first-order chi connectivity index (χ1) is 8.54. The normalized spacial score (nSPS) is 10.3. The molecule has 1 aromatic heterocycles. The van der Waals surface area contributed by atoms with Gasteiger partial charge in [-0.25, -0.2) is 4.79 Å². The Hall–Kier alpha value is -2.50. The van der Waals surface area contributed by atoms with Gasteiger partial charge in [0, 0.05) is 6.07 Å². The van der Waals surface area contributed by atoms with Crippen molar-refractivity contribution in [2.45, 2.75) is 6.92 Å².